The fourth-order valence-electron chi connectivity index (χ4n) is 0.316. The zero-order valence-corrected chi connectivity index (χ0v) is 5.02. The SMILES string of the molecule is C=C(N)N[C@H](O)CC. The molecule has 3 nitrogen and oxygen atoms in total. The van der Waals surface area contributed by atoms with Crippen molar-refractivity contribution in [2.45, 2.75) is 19.6 Å². The molecule has 0 bridgehead atoms. The van der Waals surface area contributed by atoms with Gasteiger partial charge in [-0.2, -0.15) is 0 Å². The lowest BCUT2D eigenvalue weighted by Crippen LogP contribution is -2.30. The van der Waals surface area contributed by atoms with E-state index in [1.54, 1.807) is 0 Å². The van der Waals surface area contributed by atoms with Crippen LogP contribution in [0.25, 0.3) is 0 Å². The van der Waals surface area contributed by atoms with Crippen molar-refractivity contribution in [2.75, 3.05) is 0 Å². The Bertz CT molecular complexity index is 82.5. The van der Waals surface area contributed by atoms with Crippen molar-refractivity contribution in [3.8, 4) is 0 Å². The average Bonchev–Trinajstić information content (AvgIpc) is 1.65. The third-order valence-corrected chi connectivity index (χ3v) is 0.739. The largest absolute Gasteiger partial charge is 0.386 e. The molecular weight excluding hydrogens is 104 g/mol. The van der Waals surface area contributed by atoms with Crippen LogP contribution in [0.1, 0.15) is 13.3 Å². The summed E-state index contributed by atoms with van der Waals surface area (Å²) in [7, 11) is 0. The minimum absolute atomic E-state index is 0.305. The highest BCUT2D eigenvalue weighted by Crippen LogP contribution is 1.83. The van der Waals surface area contributed by atoms with Gasteiger partial charge < -0.3 is 16.2 Å². The Kier molecular flexibility index (Phi) is 3.03. The van der Waals surface area contributed by atoms with E-state index in [0.717, 1.165) is 0 Å². The molecule has 0 unspecified atom stereocenters. The second kappa shape index (κ2) is 3.32. The first-order chi connectivity index (χ1) is 3.66. The molecule has 0 fully saturated rings. The quantitative estimate of drug-likeness (QED) is 0.445. The van der Waals surface area contributed by atoms with Crippen molar-refractivity contribution in [1.82, 2.24) is 5.32 Å². The van der Waals surface area contributed by atoms with E-state index in [1.165, 1.54) is 0 Å². The third kappa shape index (κ3) is 3.49. The predicted molar refractivity (Wildman–Crippen MR) is 32.8 cm³/mol. The Morgan fingerprint density at radius 1 is 2.00 bits per heavy atom. The van der Waals surface area contributed by atoms with E-state index < -0.39 is 6.23 Å². The summed E-state index contributed by atoms with van der Waals surface area (Å²) in [6.45, 7) is 5.20. The van der Waals surface area contributed by atoms with Crippen LogP contribution in [0, 0.1) is 0 Å². The number of nitrogens with two attached hydrogens (primary N) is 1. The first-order valence-corrected chi connectivity index (χ1v) is 2.55. The van der Waals surface area contributed by atoms with Gasteiger partial charge >= 0.3 is 0 Å². The van der Waals surface area contributed by atoms with Crippen LogP contribution in [0.5, 0.6) is 0 Å². The van der Waals surface area contributed by atoms with Crippen LogP contribution in [0.15, 0.2) is 12.4 Å². The highest BCUT2D eigenvalue weighted by Gasteiger charge is 1.95. The molecule has 1 atom stereocenters. The van der Waals surface area contributed by atoms with Crippen molar-refractivity contribution in [2.24, 2.45) is 5.73 Å². The molecule has 8 heavy (non-hydrogen) atoms. The highest BCUT2D eigenvalue weighted by molar-refractivity contribution is 4.82. The molecule has 0 radical (unpaired) electrons. The van der Waals surface area contributed by atoms with Gasteiger partial charge in [0.05, 0.1) is 5.82 Å². The topological polar surface area (TPSA) is 58.3 Å². The van der Waals surface area contributed by atoms with Crippen LogP contribution in [0.4, 0.5) is 0 Å². The number of aliphatic hydroxyl groups is 1. The summed E-state index contributed by atoms with van der Waals surface area (Å²) in [6, 6.07) is 0. The van der Waals surface area contributed by atoms with E-state index >= 15 is 0 Å². The summed E-state index contributed by atoms with van der Waals surface area (Å²) >= 11 is 0. The van der Waals surface area contributed by atoms with Gasteiger partial charge in [-0.15, -0.1) is 0 Å². The second-order valence-electron chi connectivity index (χ2n) is 1.59. The molecule has 48 valence electrons. The molecule has 0 saturated heterocycles. The van der Waals surface area contributed by atoms with E-state index in [9.17, 15) is 0 Å². The molecule has 0 amide bonds. The molecule has 0 aliphatic heterocycles. The van der Waals surface area contributed by atoms with Gasteiger partial charge in [0.2, 0.25) is 0 Å². The van der Waals surface area contributed by atoms with Gasteiger partial charge in [-0.05, 0) is 6.42 Å². The minimum Gasteiger partial charge on any atom is -0.386 e. The van der Waals surface area contributed by atoms with Crippen molar-refractivity contribution in [3.05, 3.63) is 12.4 Å². The van der Waals surface area contributed by atoms with E-state index in [2.05, 4.69) is 11.9 Å². The molecule has 0 aliphatic carbocycles. The van der Waals surface area contributed by atoms with Crippen molar-refractivity contribution in [3.63, 3.8) is 0 Å². The summed E-state index contributed by atoms with van der Waals surface area (Å²) in [5.41, 5.74) is 5.10. The van der Waals surface area contributed by atoms with Crippen molar-refractivity contribution >= 4 is 0 Å². The third-order valence-electron chi connectivity index (χ3n) is 0.739. The molecule has 0 heterocycles. The predicted octanol–water partition coefficient (Wildman–Crippen LogP) is -0.266. The Morgan fingerprint density at radius 2 is 2.50 bits per heavy atom. The minimum atomic E-state index is -0.549. The summed E-state index contributed by atoms with van der Waals surface area (Å²) in [5, 5.41) is 11.3. The maximum absolute atomic E-state index is 8.78. The van der Waals surface area contributed by atoms with Gasteiger partial charge in [0.25, 0.3) is 0 Å². The van der Waals surface area contributed by atoms with Gasteiger partial charge in [0, 0.05) is 0 Å². The van der Waals surface area contributed by atoms with Crippen LogP contribution >= 0.6 is 0 Å². The first-order valence-electron chi connectivity index (χ1n) is 2.55. The summed E-state index contributed by atoms with van der Waals surface area (Å²) in [4.78, 5) is 0. The molecule has 0 rings (SSSR count). The molecule has 0 spiro atoms. The van der Waals surface area contributed by atoms with Gasteiger partial charge in [-0.1, -0.05) is 13.5 Å². The van der Waals surface area contributed by atoms with Crippen molar-refractivity contribution < 1.29 is 5.11 Å². The van der Waals surface area contributed by atoms with E-state index in [1.807, 2.05) is 6.92 Å². The van der Waals surface area contributed by atoms with Gasteiger partial charge in [-0.3, -0.25) is 0 Å². The van der Waals surface area contributed by atoms with E-state index in [4.69, 9.17) is 10.8 Å². The lowest BCUT2D eigenvalue weighted by molar-refractivity contribution is 0.145. The molecule has 0 aromatic rings. The monoisotopic (exact) mass is 116 g/mol. The Labute approximate surface area is 49.2 Å². The van der Waals surface area contributed by atoms with Crippen LogP contribution in [0.2, 0.25) is 0 Å². The van der Waals surface area contributed by atoms with Gasteiger partial charge in [-0.25, -0.2) is 0 Å². The van der Waals surface area contributed by atoms with Gasteiger partial charge in [0.1, 0.15) is 6.23 Å². The van der Waals surface area contributed by atoms with Crippen molar-refractivity contribution in [1.29, 1.82) is 0 Å². The number of hydrogen-bond donors (Lipinski definition) is 3. The zero-order chi connectivity index (χ0) is 6.57. The second-order valence-corrected chi connectivity index (χ2v) is 1.59. The Hall–Kier alpha value is -0.700. The standard InChI is InChI=1S/C5H12N2O/c1-3-5(8)7-4(2)6/h5,7-8H,2-3,6H2,1H3/t5-/m1/s1. The summed E-state index contributed by atoms with van der Waals surface area (Å²) in [6.07, 6.45) is 0.0865. The van der Waals surface area contributed by atoms with Crippen LogP contribution in [0.3, 0.4) is 0 Å². The molecule has 0 aromatic carbocycles. The molecule has 0 saturated carbocycles. The lowest BCUT2D eigenvalue weighted by atomic mass is 10.4. The summed E-state index contributed by atoms with van der Waals surface area (Å²) in [5.74, 6) is 0.305. The zero-order valence-electron chi connectivity index (χ0n) is 5.02. The van der Waals surface area contributed by atoms with Crippen LogP contribution in [-0.2, 0) is 0 Å². The number of rotatable bonds is 3. The molecule has 3 heteroatoms. The van der Waals surface area contributed by atoms with E-state index in [0.29, 0.717) is 12.2 Å². The maximum atomic E-state index is 8.78. The Morgan fingerprint density at radius 3 is 2.62 bits per heavy atom. The fourth-order valence-corrected chi connectivity index (χ4v) is 0.316. The highest BCUT2D eigenvalue weighted by atomic mass is 16.3. The smallest absolute Gasteiger partial charge is 0.125 e. The average molecular weight is 116 g/mol. The molecule has 0 aliphatic rings. The summed E-state index contributed by atoms with van der Waals surface area (Å²) < 4.78 is 0. The van der Waals surface area contributed by atoms with Crippen LogP contribution in [-0.4, -0.2) is 11.3 Å². The normalized spacial score (nSPS) is 12.8. The molecule has 0 aromatic heterocycles. The maximum Gasteiger partial charge on any atom is 0.125 e. The molecule has 4 N–H and O–H groups in total. The lowest BCUT2D eigenvalue weighted by Gasteiger charge is -2.09. The fraction of sp³-hybridized carbons (Fsp3) is 0.600. The van der Waals surface area contributed by atoms with E-state index in [-0.39, 0.29) is 0 Å². The first kappa shape index (κ1) is 7.30. The number of hydrogen-bond acceptors (Lipinski definition) is 3. The number of aliphatic hydroxyl groups excluding tert-OH is 1. The Balaban J connectivity index is 3.24. The van der Waals surface area contributed by atoms with Crippen LogP contribution < -0.4 is 11.1 Å². The molecular formula is C5H12N2O. The number of nitrogens with one attached hydrogen (secondary N) is 1. The van der Waals surface area contributed by atoms with Gasteiger partial charge in [0.15, 0.2) is 0 Å².